The Morgan fingerprint density at radius 3 is 2.22 bits per heavy atom. The third kappa shape index (κ3) is 4.54. The number of sulfone groups is 1. The van der Waals surface area contributed by atoms with E-state index in [9.17, 15) is 13.2 Å². The van der Waals surface area contributed by atoms with Gasteiger partial charge in [-0.05, 0) is 50.2 Å². The molecule has 0 aromatic heterocycles. The summed E-state index contributed by atoms with van der Waals surface area (Å²) in [4.78, 5) is 19.8. The van der Waals surface area contributed by atoms with E-state index in [-0.39, 0.29) is 29.5 Å². The molecule has 6 nitrogen and oxygen atoms in total. The van der Waals surface area contributed by atoms with Crippen LogP contribution in [0.3, 0.4) is 0 Å². The van der Waals surface area contributed by atoms with Crippen LogP contribution < -0.4 is 10.2 Å². The molecule has 1 N–H and O–H groups in total. The molecule has 32 heavy (non-hydrogen) atoms. The summed E-state index contributed by atoms with van der Waals surface area (Å²) in [7, 11) is -3.12. The largest absolute Gasteiger partial charge is 0.351 e. The van der Waals surface area contributed by atoms with Gasteiger partial charge >= 0.3 is 0 Å². The normalized spacial score (nSPS) is 24.6. The van der Waals surface area contributed by atoms with Crippen LogP contribution in [0.1, 0.15) is 25.7 Å². The molecule has 0 saturated carbocycles. The lowest BCUT2D eigenvalue weighted by Gasteiger charge is -2.35. The molecule has 3 aliphatic rings. The molecule has 2 aromatic carbocycles. The lowest BCUT2D eigenvalue weighted by Crippen LogP contribution is -2.52. The third-order valence-corrected chi connectivity index (χ3v) is 9.47. The van der Waals surface area contributed by atoms with E-state index >= 15 is 0 Å². The Morgan fingerprint density at radius 1 is 0.938 bits per heavy atom. The number of likely N-dealkylation sites (tertiary alicyclic amines) is 1. The summed E-state index contributed by atoms with van der Waals surface area (Å²) in [6, 6.07) is 16.1. The van der Waals surface area contributed by atoms with Crippen LogP contribution in [0.15, 0.2) is 58.3 Å². The number of amides is 1. The quantitative estimate of drug-likeness (QED) is 0.720. The van der Waals surface area contributed by atoms with Crippen LogP contribution in [-0.4, -0.2) is 62.4 Å². The van der Waals surface area contributed by atoms with Gasteiger partial charge in [0, 0.05) is 28.8 Å². The zero-order valence-electron chi connectivity index (χ0n) is 18.1. The predicted octanol–water partition coefficient (Wildman–Crippen LogP) is 3.45. The number of benzene rings is 2. The smallest absolute Gasteiger partial charge is 0.222 e. The van der Waals surface area contributed by atoms with Crippen molar-refractivity contribution >= 4 is 38.9 Å². The molecule has 0 radical (unpaired) electrons. The summed E-state index contributed by atoms with van der Waals surface area (Å²) in [6.07, 6.45) is 3.71. The molecule has 5 rings (SSSR count). The van der Waals surface area contributed by atoms with Crippen LogP contribution >= 0.6 is 11.8 Å². The first-order valence-electron chi connectivity index (χ1n) is 11.4. The number of hydrogen-bond donors (Lipinski definition) is 1. The van der Waals surface area contributed by atoms with E-state index < -0.39 is 9.84 Å². The minimum absolute atomic E-state index is 0.0475. The number of carbonyl (C=O) groups excluding carboxylic acids is 1. The Kier molecular flexibility index (Phi) is 6.18. The Balaban J connectivity index is 1.28. The van der Waals surface area contributed by atoms with E-state index in [1.165, 1.54) is 16.2 Å². The number of nitrogens with zero attached hydrogens (tertiary/aromatic N) is 2. The number of fused-ring (bicyclic) bond motifs is 2. The van der Waals surface area contributed by atoms with Gasteiger partial charge in [0.2, 0.25) is 5.91 Å². The van der Waals surface area contributed by atoms with E-state index in [1.807, 2.05) is 24.3 Å². The molecular formula is C24H29N3O3S2. The fourth-order valence-corrected chi connectivity index (χ4v) is 8.14. The summed E-state index contributed by atoms with van der Waals surface area (Å²) < 4.78 is 24.7. The van der Waals surface area contributed by atoms with Gasteiger partial charge < -0.3 is 10.2 Å². The van der Waals surface area contributed by atoms with Crippen LogP contribution in [-0.2, 0) is 14.6 Å². The van der Waals surface area contributed by atoms with E-state index in [2.05, 4.69) is 39.4 Å². The van der Waals surface area contributed by atoms with E-state index in [1.54, 1.807) is 11.8 Å². The SMILES string of the molecule is O=C(CCN1c2ccccc2Sc2ccccc21)NC1CS(=O)(=O)CC1N1CCCCC1. The second-order valence-corrected chi connectivity index (χ2v) is 12.1. The van der Waals surface area contributed by atoms with E-state index in [4.69, 9.17) is 0 Å². The van der Waals surface area contributed by atoms with E-state index in [0.717, 1.165) is 37.3 Å². The van der Waals surface area contributed by atoms with Crippen molar-refractivity contribution < 1.29 is 13.2 Å². The first-order chi connectivity index (χ1) is 15.5. The monoisotopic (exact) mass is 471 g/mol. The van der Waals surface area contributed by atoms with Crippen LogP contribution in [0.25, 0.3) is 0 Å². The van der Waals surface area contributed by atoms with Gasteiger partial charge in [0.25, 0.3) is 0 Å². The van der Waals surface area contributed by atoms with Gasteiger partial charge in [-0.2, -0.15) is 0 Å². The van der Waals surface area contributed by atoms with Crippen molar-refractivity contribution in [1.82, 2.24) is 10.2 Å². The molecule has 170 valence electrons. The van der Waals surface area contributed by atoms with Crippen LogP contribution in [0.2, 0.25) is 0 Å². The molecule has 0 spiro atoms. The molecule has 2 unspecified atom stereocenters. The summed E-state index contributed by atoms with van der Waals surface area (Å²) in [6.45, 7) is 2.39. The first-order valence-corrected chi connectivity index (χ1v) is 14.0. The van der Waals surface area contributed by atoms with Gasteiger partial charge in [-0.3, -0.25) is 9.69 Å². The highest BCUT2D eigenvalue weighted by molar-refractivity contribution is 7.99. The van der Waals surface area contributed by atoms with Gasteiger partial charge in [0.15, 0.2) is 9.84 Å². The van der Waals surface area contributed by atoms with Gasteiger partial charge in [-0.25, -0.2) is 8.42 Å². The number of carbonyl (C=O) groups is 1. The molecule has 2 aromatic rings. The van der Waals surface area contributed by atoms with Crippen molar-refractivity contribution in [2.45, 2.75) is 47.6 Å². The van der Waals surface area contributed by atoms with Gasteiger partial charge in [-0.15, -0.1) is 0 Å². The van der Waals surface area contributed by atoms with Gasteiger partial charge in [0.1, 0.15) is 0 Å². The molecule has 0 aliphatic carbocycles. The average Bonchev–Trinajstić information content (AvgIpc) is 3.11. The van der Waals surface area contributed by atoms with Crippen LogP contribution in [0.5, 0.6) is 0 Å². The first kappa shape index (κ1) is 21.8. The number of piperidine rings is 1. The fraction of sp³-hybridized carbons (Fsp3) is 0.458. The van der Waals surface area contributed by atoms with Gasteiger partial charge in [0.05, 0.1) is 28.9 Å². The maximum Gasteiger partial charge on any atom is 0.222 e. The average molecular weight is 472 g/mol. The predicted molar refractivity (Wildman–Crippen MR) is 128 cm³/mol. The number of anilines is 2. The number of nitrogens with one attached hydrogen (secondary N) is 1. The standard InChI is InChI=1S/C24H29N3O3S2/c28-24(25-18-16-32(29,30)17-21(18)26-13-6-1-7-14-26)12-15-27-19-8-2-4-10-22(19)31-23-11-5-3-9-20(23)27/h2-5,8-11,18,21H,1,6-7,12-17H2,(H,25,28). The highest BCUT2D eigenvalue weighted by atomic mass is 32.2. The second-order valence-electron chi connectivity index (χ2n) is 8.85. The van der Waals surface area contributed by atoms with Crippen LogP contribution in [0.4, 0.5) is 11.4 Å². The minimum atomic E-state index is -3.12. The highest BCUT2D eigenvalue weighted by Crippen LogP contribution is 2.47. The number of para-hydroxylation sites is 2. The zero-order valence-corrected chi connectivity index (χ0v) is 19.7. The lowest BCUT2D eigenvalue weighted by molar-refractivity contribution is -0.121. The van der Waals surface area contributed by atoms with Crippen molar-refractivity contribution in [3.63, 3.8) is 0 Å². The molecule has 3 heterocycles. The number of rotatable bonds is 5. The van der Waals surface area contributed by atoms with E-state index in [0.29, 0.717) is 13.0 Å². The summed E-state index contributed by atoms with van der Waals surface area (Å²) in [5, 5.41) is 3.08. The number of hydrogen-bond acceptors (Lipinski definition) is 6. The van der Waals surface area contributed by atoms with Crippen molar-refractivity contribution in [2.24, 2.45) is 0 Å². The topological polar surface area (TPSA) is 69.7 Å². The van der Waals surface area contributed by atoms with Crippen molar-refractivity contribution in [2.75, 3.05) is 36.0 Å². The van der Waals surface area contributed by atoms with Gasteiger partial charge in [-0.1, -0.05) is 42.4 Å². The second kappa shape index (κ2) is 9.08. The maximum absolute atomic E-state index is 12.9. The third-order valence-electron chi connectivity index (χ3n) is 6.62. The Hall–Kier alpha value is -2.03. The Bertz CT molecular complexity index is 1050. The van der Waals surface area contributed by atoms with Crippen molar-refractivity contribution in [1.29, 1.82) is 0 Å². The fourth-order valence-electron chi connectivity index (χ4n) is 5.09. The molecule has 0 bridgehead atoms. The maximum atomic E-state index is 12.9. The molecule has 2 atom stereocenters. The summed E-state index contributed by atoms with van der Waals surface area (Å²) in [5.41, 5.74) is 2.22. The molecule has 1 amide bonds. The van der Waals surface area contributed by atoms with Crippen molar-refractivity contribution in [3.05, 3.63) is 48.5 Å². The minimum Gasteiger partial charge on any atom is -0.351 e. The molecular weight excluding hydrogens is 442 g/mol. The zero-order chi connectivity index (χ0) is 22.1. The summed E-state index contributed by atoms with van der Waals surface area (Å²) in [5.74, 6) is 0.121. The molecule has 3 aliphatic heterocycles. The molecule has 2 fully saturated rings. The van der Waals surface area contributed by atoms with Crippen LogP contribution in [0, 0.1) is 0 Å². The highest BCUT2D eigenvalue weighted by Gasteiger charge is 2.41. The summed E-state index contributed by atoms with van der Waals surface area (Å²) >= 11 is 1.75. The Labute approximate surface area is 194 Å². The van der Waals surface area contributed by atoms with Crippen molar-refractivity contribution in [3.8, 4) is 0 Å². The lowest BCUT2D eigenvalue weighted by atomic mass is 10.0. The Morgan fingerprint density at radius 2 is 1.56 bits per heavy atom. The molecule has 8 heteroatoms. The molecule has 2 saturated heterocycles.